The molecule has 0 fully saturated rings. The van der Waals surface area contributed by atoms with Crippen molar-refractivity contribution in [3.8, 4) is 5.69 Å². The van der Waals surface area contributed by atoms with Crippen LogP contribution in [0.25, 0.3) is 5.69 Å². The number of thioether (sulfide) groups is 1. The van der Waals surface area contributed by atoms with Crippen LogP contribution in [0.3, 0.4) is 0 Å². The largest absolute Gasteiger partial charge is 0.404 e. The SMILES string of the molecule is O=C1CS[C@@H](C(F)(F)F)c2cnn(-c3ccc(Cl)cc3F)c2N1. The maximum Gasteiger partial charge on any atom is 0.404 e. The predicted molar refractivity (Wildman–Crippen MR) is 78.4 cm³/mol. The molecule has 2 heterocycles. The van der Waals surface area contributed by atoms with Gasteiger partial charge in [0.2, 0.25) is 5.91 Å². The summed E-state index contributed by atoms with van der Waals surface area (Å²) in [6, 6.07) is 3.67. The minimum absolute atomic E-state index is 0.108. The number of halogens is 5. The third-order valence-corrected chi connectivity index (χ3v) is 4.67. The first-order chi connectivity index (χ1) is 10.8. The lowest BCUT2D eigenvalue weighted by Crippen LogP contribution is -2.17. The molecule has 0 saturated carbocycles. The highest BCUT2D eigenvalue weighted by atomic mass is 35.5. The maximum atomic E-state index is 14.0. The molecule has 0 saturated heterocycles. The zero-order valence-electron chi connectivity index (χ0n) is 11.2. The Labute approximate surface area is 136 Å². The Kier molecular flexibility index (Phi) is 4.01. The second kappa shape index (κ2) is 5.72. The van der Waals surface area contributed by atoms with E-state index in [0.717, 1.165) is 16.9 Å². The standard InChI is InChI=1S/C13H8ClF4N3OS/c14-6-1-2-9(8(15)3-6)21-12-7(4-19-21)11(13(16,17)18)23-5-10(22)20-12/h1-4,11H,5H2,(H,20,22)/t11-/m1/s1. The first kappa shape index (κ1) is 16.1. The van der Waals surface area contributed by atoms with Gasteiger partial charge in [-0.1, -0.05) is 11.6 Å². The van der Waals surface area contributed by atoms with Crippen molar-refractivity contribution in [2.45, 2.75) is 11.4 Å². The zero-order valence-corrected chi connectivity index (χ0v) is 12.8. The number of hydrogen-bond acceptors (Lipinski definition) is 3. The Morgan fingerprint density at radius 3 is 2.78 bits per heavy atom. The van der Waals surface area contributed by atoms with Gasteiger partial charge < -0.3 is 5.32 Å². The summed E-state index contributed by atoms with van der Waals surface area (Å²) >= 11 is 6.11. The molecule has 1 amide bonds. The summed E-state index contributed by atoms with van der Waals surface area (Å²) in [5.74, 6) is -1.93. The number of hydrogen-bond donors (Lipinski definition) is 1. The Morgan fingerprint density at radius 2 is 2.13 bits per heavy atom. The van der Waals surface area contributed by atoms with Crippen LogP contribution in [0.4, 0.5) is 23.4 Å². The fourth-order valence-electron chi connectivity index (χ4n) is 2.20. The molecule has 0 unspecified atom stereocenters. The van der Waals surface area contributed by atoms with Gasteiger partial charge in [-0.2, -0.15) is 18.3 Å². The van der Waals surface area contributed by atoms with Gasteiger partial charge in [-0.15, -0.1) is 11.8 Å². The Bertz CT molecular complexity index is 777. The lowest BCUT2D eigenvalue weighted by Gasteiger charge is -2.17. The van der Waals surface area contributed by atoms with E-state index in [4.69, 9.17) is 11.6 Å². The molecule has 10 heteroatoms. The predicted octanol–water partition coefficient (Wildman–Crippen LogP) is 3.95. The minimum atomic E-state index is -4.56. The molecule has 0 spiro atoms. The van der Waals surface area contributed by atoms with Crippen LogP contribution in [0, 0.1) is 5.82 Å². The number of nitrogens with one attached hydrogen (secondary N) is 1. The number of carbonyl (C=O) groups excluding carboxylic acids is 1. The third-order valence-electron chi connectivity index (χ3n) is 3.15. The quantitative estimate of drug-likeness (QED) is 0.778. The fraction of sp³-hybridized carbons (Fsp3) is 0.231. The smallest absolute Gasteiger partial charge is 0.310 e. The summed E-state index contributed by atoms with van der Waals surface area (Å²) in [5.41, 5.74) is -0.327. The van der Waals surface area contributed by atoms with Crippen molar-refractivity contribution < 1.29 is 22.4 Å². The first-order valence-corrected chi connectivity index (χ1v) is 7.71. The molecule has 4 nitrogen and oxygen atoms in total. The second-order valence-electron chi connectivity index (χ2n) is 4.74. The molecule has 1 aliphatic heterocycles. The van der Waals surface area contributed by atoms with Gasteiger partial charge in [0.15, 0.2) is 0 Å². The van der Waals surface area contributed by atoms with Crippen molar-refractivity contribution in [2.75, 3.05) is 11.1 Å². The lowest BCUT2D eigenvalue weighted by molar-refractivity contribution is -0.129. The van der Waals surface area contributed by atoms with Crippen LogP contribution in [0.5, 0.6) is 0 Å². The second-order valence-corrected chi connectivity index (χ2v) is 6.27. The number of rotatable bonds is 1. The average Bonchev–Trinajstić information content (AvgIpc) is 2.73. The van der Waals surface area contributed by atoms with Crippen molar-refractivity contribution in [2.24, 2.45) is 0 Å². The molecule has 0 radical (unpaired) electrons. The topological polar surface area (TPSA) is 46.9 Å². The molecule has 2 aromatic rings. The van der Waals surface area contributed by atoms with Crippen LogP contribution in [-0.2, 0) is 4.79 Å². The molecule has 23 heavy (non-hydrogen) atoms. The van der Waals surface area contributed by atoms with Gasteiger partial charge in [-0.3, -0.25) is 4.79 Å². The van der Waals surface area contributed by atoms with Crippen LogP contribution in [0.15, 0.2) is 24.4 Å². The van der Waals surface area contributed by atoms with Crippen molar-refractivity contribution in [3.63, 3.8) is 0 Å². The molecule has 0 bridgehead atoms. The number of alkyl halides is 3. The van der Waals surface area contributed by atoms with E-state index in [0.29, 0.717) is 11.8 Å². The summed E-state index contributed by atoms with van der Waals surface area (Å²) in [4.78, 5) is 11.7. The molecule has 1 aliphatic rings. The van der Waals surface area contributed by atoms with Crippen LogP contribution in [-0.4, -0.2) is 27.6 Å². The molecular formula is C13H8ClF4N3OS. The van der Waals surface area contributed by atoms with Crippen molar-refractivity contribution in [3.05, 3.63) is 40.8 Å². The first-order valence-electron chi connectivity index (χ1n) is 6.29. The van der Waals surface area contributed by atoms with Gasteiger partial charge in [0.25, 0.3) is 0 Å². The molecule has 1 atom stereocenters. The van der Waals surface area contributed by atoms with E-state index in [2.05, 4.69) is 10.4 Å². The van der Waals surface area contributed by atoms with E-state index in [-0.39, 0.29) is 27.8 Å². The molecule has 0 aliphatic carbocycles. The van der Waals surface area contributed by atoms with E-state index in [1.54, 1.807) is 0 Å². The van der Waals surface area contributed by atoms with Gasteiger partial charge in [0, 0.05) is 10.6 Å². The van der Waals surface area contributed by atoms with Gasteiger partial charge in [0.1, 0.15) is 22.6 Å². The van der Waals surface area contributed by atoms with Crippen molar-refractivity contribution in [1.29, 1.82) is 0 Å². The molecule has 122 valence electrons. The van der Waals surface area contributed by atoms with Crippen LogP contribution < -0.4 is 5.32 Å². The minimum Gasteiger partial charge on any atom is -0.310 e. The number of amides is 1. The van der Waals surface area contributed by atoms with Gasteiger partial charge in [0.05, 0.1) is 11.9 Å². The summed E-state index contributed by atoms with van der Waals surface area (Å²) < 4.78 is 54.5. The van der Waals surface area contributed by atoms with E-state index in [9.17, 15) is 22.4 Å². The summed E-state index contributed by atoms with van der Waals surface area (Å²) in [6.07, 6.45) is -3.57. The van der Waals surface area contributed by atoms with Crippen molar-refractivity contribution >= 4 is 35.1 Å². The van der Waals surface area contributed by atoms with E-state index < -0.39 is 23.2 Å². The Morgan fingerprint density at radius 1 is 1.39 bits per heavy atom. The number of nitrogens with zero attached hydrogens (tertiary/aromatic N) is 2. The van der Waals surface area contributed by atoms with Crippen LogP contribution >= 0.6 is 23.4 Å². The van der Waals surface area contributed by atoms with E-state index in [1.807, 2.05) is 0 Å². The number of aromatic nitrogens is 2. The molecular weight excluding hydrogens is 358 g/mol. The molecule has 3 rings (SSSR count). The Balaban J connectivity index is 2.15. The monoisotopic (exact) mass is 365 g/mol. The van der Waals surface area contributed by atoms with Gasteiger partial charge >= 0.3 is 6.18 Å². The van der Waals surface area contributed by atoms with E-state index in [1.165, 1.54) is 12.1 Å². The Hall–Kier alpha value is -1.74. The number of benzene rings is 1. The zero-order chi connectivity index (χ0) is 16.8. The highest BCUT2D eigenvalue weighted by Gasteiger charge is 2.45. The molecule has 1 aromatic heterocycles. The molecule has 1 aromatic carbocycles. The summed E-state index contributed by atoms with van der Waals surface area (Å²) in [7, 11) is 0. The van der Waals surface area contributed by atoms with Crippen LogP contribution in [0.1, 0.15) is 10.8 Å². The van der Waals surface area contributed by atoms with Gasteiger partial charge in [-0.05, 0) is 18.2 Å². The average molecular weight is 366 g/mol. The van der Waals surface area contributed by atoms with Gasteiger partial charge in [-0.25, -0.2) is 9.07 Å². The maximum absolute atomic E-state index is 14.0. The number of fused-ring (bicyclic) bond motifs is 1. The highest BCUT2D eigenvalue weighted by molar-refractivity contribution is 8.00. The van der Waals surface area contributed by atoms with Crippen molar-refractivity contribution in [1.82, 2.24) is 9.78 Å². The lowest BCUT2D eigenvalue weighted by atomic mass is 10.2. The van der Waals surface area contributed by atoms with E-state index >= 15 is 0 Å². The normalized spacial score (nSPS) is 18.3. The van der Waals surface area contributed by atoms with Crippen LogP contribution in [0.2, 0.25) is 5.02 Å². The summed E-state index contributed by atoms with van der Waals surface area (Å²) in [5, 5.41) is 4.38. The molecule has 1 N–H and O–H groups in total. The highest BCUT2D eigenvalue weighted by Crippen LogP contribution is 2.47. The number of carbonyl (C=O) groups is 1. The third kappa shape index (κ3) is 3.02. The number of anilines is 1. The summed E-state index contributed by atoms with van der Waals surface area (Å²) in [6.45, 7) is 0. The fourth-order valence-corrected chi connectivity index (χ4v) is 3.29.